The highest BCUT2D eigenvalue weighted by Gasteiger charge is 2.13. The van der Waals surface area contributed by atoms with Gasteiger partial charge in [0.15, 0.2) is 0 Å². The Morgan fingerprint density at radius 1 is 1.10 bits per heavy atom. The molecule has 3 heteroatoms. The van der Waals surface area contributed by atoms with Crippen molar-refractivity contribution in [1.82, 2.24) is 0 Å². The first-order valence-corrected chi connectivity index (χ1v) is 6.64. The topological polar surface area (TPSA) is 40.5 Å². The van der Waals surface area contributed by atoms with Gasteiger partial charge in [-0.2, -0.15) is 0 Å². The van der Waals surface area contributed by atoms with Crippen molar-refractivity contribution < 1.29 is 9.90 Å². The smallest absolute Gasteiger partial charge is 0.323 e. The summed E-state index contributed by atoms with van der Waals surface area (Å²) in [6.45, 7) is 4.65. The summed E-state index contributed by atoms with van der Waals surface area (Å²) in [6.07, 6.45) is 0. The number of hydrogen-bond acceptors (Lipinski definition) is 2. The van der Waals surface area contributed by atoms with Crippen LogP contribution in [0.15, 0.2) is 48.5 Å². The second-order valence-corrected chi connectivity index (χ2v) is 5.03. The van der Waals surface area contributed by atoms with Crippen molar-refractivity contribution in [1.29, 1.82) is 0 Å². The molecule has 0 radical (unpaired) electrons. The van der Waals surface area contributed by atoms with E-state index in [1.807, 2.05) is 61.2 Å². The molecule has 0 spiro atoms. The molecule has 0 atom stereocenters. The number of aryl methyl sites for hydroxylation is 2. The fraction of sp³-hybridized carbons (Fsp3) is 0.235. The molecule has 0 amide bonds. The summed E-state index contributed by atoms with van der Waals surface area (Å²) in [6, 6.07) is 16.0. The standard InChI is InChI=1S/C17H19NO2/c1-13-8-9-16(14(2)10-13)18(12-17(19)20)11-15-6-4-3-5-7-15/h3-10H,11-12H2,1-2H3,(H,19,20). The molecule has 0 bridgehead atoms. The van der Waals surface area contributed by atoms with Crippen LogP contribution in [0.2, 0.25) is 0 Å². The predicted molar refractivity (Wildman–Crippen MR) is 81.0 cm³/mol. The Balaban J connectivity index is 2.29. The number of carboxylic acid groups (broad SMARTS) is 1. The van der Waals surface area contributed by atoms with Gasteiger partial charge in [0.05, 0.1) is 0 Å². The van der Waals surface area contributed by atoms with Gasteiger partial charge >= 0.3 is 5.97 Å². The van der Waals surface area contributed by atoms with Crippen LogP contribution in [0, 0.1) is 13.8 Å². The van der Waals surface area contributed by atoms with Crippen LogP contribution in [0.25, 0.3) is 0 Å². The lowest BCUT2D eigenvalue weighted by Gasteiger charge is -2.25. The quantitative estimate of drug-likeness (QED) is 0.904. The first kappa shape index (κ1) is 14.1. The lowest BCUT2D eigenvalue weighted by atomic mass is 10.1. The van der Waals surface area contributed by atoms with E-state index in [-0.39, 0.29) is 6.54 Å². The summed E-state index contributed by atoms with van der Waals surface area (Å²) >= 11 is 0. The minimum absolute atomic E-state index is 0.00120. The van der Waals surface area contributed by atoms with Gasteiger partial charge in [-0.05, 0) is 31.0 Å². The largest absolute Gasteiger partial charge is 0.480 e. The van der Waals surface area contributed by atoms with Gasteiger partial charge in [-0.15, -0.1) is 0 Å². The molecule has 2 aromatic rings. The van der Waals surface area contributed by atoms with E-state index in [1.54, 1.807) is 0 Å². The van der Waals surface area contributed by atoms with Gasteiger partial charge in [-0.1, -0.05) is 48.0 Å². The molecule has 0 saturated carbocycles. The SMILES string of the molecule is Cc1ccc(N(CC(=O)O)Cc2ccccc2)c(C)c1. The van der Waals surface area contributed by atoms with E-state index in [2.05, 4.69) is 6.07 Å². The molecule has 0 fully saturated rings. The molecule has 0 aliphatic heterocycles. The molecular weight excluding hydrogens is 250 g/mol. The van der Waals surface area contributed by atoms with Gasteiger partial charge in [-0.25, -0.2) is 0 Å². The van der Waals surface area contributed by atoms with Gasteiger partial charge in [0.1, 0.15) is 6.54 Å². The van der Waals surface area contributed by atoms with E-state index in [0.29, 0.717) is 6.54 Å². The molecule has 1 N–H and O–H groups in total. The Morgan fingerprint density at radius 3 is 2.40 bits per heavy atom. The van der Waals surface area contributed by atoms with E-state index < -0.39 is 5.97 Å². The van der Waals surface area contributed by atoms with Crippen molar-refractivity contribution >= 4 is 11.7 Å². The normalized spacial score (nSPS) is 10.3. The highest BCUT2D eigenvalue weighted by Crippen LogP contribution is 2.23. The van der Waals surface area contributed by atoms with E-state index in [1.165, 1.54) is 5.56 Å². The fourth-order valence-corrected chi connectivity index (χ4v) is 2.35. The Hall–Kier alpha value is -2.29. The maximum absolute atomic E-state index is 11.1. The number of hydrogen-bond donors (Lipinski definition) is 1. The Labute approximate surface area is 119 Å². The zero-order chi connectivity index (χ0) is 14.5. The number of carboxylic acids is 1. The third-order valence-corrected chi connectivity index (χ3v) is 3.24. The molecule has 0 aliphatic rings. The first-order chi connectivity index (χ1) is 9.56. The molecule has 2 aromatic carbocycles. The van der Waals surface area contributed by atoms with E-state index in [9.17, 15) is 4.79 Å². The minimum atomic E-state index is -0.819. The van der Waals surface area contributed by atoms with E-state index in [4.69, 9.17) is 5.11 Å². The molecule has 0 saturated heterocycles. The molecule has 0 aromatic heterocycles. The minimum Gasteiger partial charge on any atom is -0.480 e. The summed E-state index contributed by atoms with van der Waals surface area (Å²) in [4.78, 5) is 13.0. The second kappa shape index (κ2) is 6.24. The average molecular weight is 269 g/mol. The molecular formula is C17H19NO2. The van der Waals surface area contributed by atoms with Gasteiger partial charge in [0, 0.05) is 12.2 Å². The highest BCUT2D eigenvalue weighted by atomic mass is 16.4. The van der Waals surface area contributed by atoms with Crippen LogP contribution in [0.1, 0.15) is 16.7 Å². The summed E-state index contributed by atoms with van der Waals surface area (Å²) < 4.78 is 0. The summed E-state index contributed by atoms with van der Waals surface area (Å²) in [5, 5.41) is 9.13. The van der Waals surface area contributed by atoms with Gasteiger partial charge in [0.25, 0.3) is 0 Å². The van der Waals surface area contributed by atoms with Gasteiger partial charge in [0.2, 0.25) is 0 Å². The Bertz CT molecular complexity index is 593. The van der Waals surface area contributed by atoms with Crippen molar-refractivity contribution in [2.45, 2.75) is 20.4 Å². The molecule has 0 unspecified atom stereocenters. The third-order valence-electron chi connectivity index (χ3n) is 3.24. The Morgan fingerprint density at radius 2 is 1.80 bits per heavy atom. The molecule has 0 aliphatic carbocycles. The third kappa shape index (κ3) is 3.60. The van der Waals surface area contributed by atoms with Crippen molar-refractivity contribution in [3.63, 3.8) is 0 Å². The molecule has 3 nitrogen and oxygen atoms in total. The highest BCUT2D eigenvalue weighted by molar-refractivity contribution is 5.74. The number of anilines is 1. The number of nitrogens with zero attached hydrogens (tertiary/aromatic N) is 1. The summed E-state index contributed by atoms with van der Waals surface area (Å²) in [7, 11) is 0. The van der Waals surface area contributed by atoms with Crippen LogP contribution in [0.5, 0.6) is 0 Å². The number of benzene rings is 2. The van der Waals surface area contributed by atoms with Gasteiger partial charge in [-0.3, -0.25) is 4.79 Å². The van der Waals surface area contributed by atoms with Crippen LogP contribution in [-0.2, 0) is 11.3 Å². The van der Waals surface area contributed by atoms with Crippen molar-refractivity contribution in [3.05, 3.63) is 65.2 Å². The number of carbonyl (C=O) groups is 1. The molecule has 0 heterocycles. The maximum atomic E-state index is 11.1. The molecule has 2 rings (SSSR count). The number of aliphatic carboxylic acids is 1. The second-order valence-electron chi connectivity index (χ2n) is 5.03. The Kier molecular flexibility index (Phi) is 4.41. The summed E-state index contributed by atoms with van der Waals surface area (Å²) in [5.41, 5.74) is 4.36. The van der Waals surface area contributed by atoms with Gasteiger partial charge < -0.3 is 10.0 Å². The van der Waals surface area contributed by atoms with E-state index >= 15 is 0 Å². The maximum Gasteiger partial charge on any atom is 0.323 e. The average Bonchev–Trinajstić information content (AvgIpc) is 2.38. The number of rotatable bonds is 5. The first-order valence-electron chi connectivity index (χ1n) is 6.64. The van der Waals surface area contributed by atoms with Crippen LogP contribution in [0.4, 0.5) is 5.69 Å². The monoisotopic (exact) mass is 269 g/mol. The lowest BCUT2D eigenvalue weighted by molar-refractivity contribution is -0.135. The van der Waals surface area contributed by atoms with Crippen LogP contribution < -0.4 is 4.90 Å². The molecule has 104 valence electrons. The van der Waals surface area contributed by atoms with Crippen molar-refractivity contribution in [2.75, 3.05) is 11.4 Å². The van der Waals surface area contributed by atoms with Crippen LogP contribution >= 0.6 is 0 Å². The van der Waals surface area contributed by atoms with Crippen LogP contribution in [0.3, 0.4) is 0 Å². The lowest BCUT2D eigenvalue weighted by Crippen LogP contribution is -2.29. The van der Waals surface area contributed by atoms with Crippen LogP contribution in [-0.4, -0.2) is 17.6 Å². The fourth-order valence-electron chi connectivity index (χ4n) is 2.35. The zero-order valence-electron chi connectivity index (χ0n) is 11.8. The van der Waals surface area contributed by atoms with E-state index in [0.717, 1.165) is 16.8 Å². The van der Waals surface area contributed by atoms with Crippen molar-refractivity contribution in [2.24, 2.45) is 0 Å². The predicted octanol–water partition coefficient (Wildman–Crippen LogP) is 3.39. The van der Waals surface area contributed by atoms with Crippen molar-refractivity contribution in [3.8, 4) is 0 Å². The zero-order valence-corrected chi connectivity index (χ0v) is 11.8. The summed E-state index contributed by atoms with van der Waals surface area (Å²) in [5.74, 6) is -0.819. The molecule has 20 heavy (non-hydrogen) atoms.